The molecular formula is C12H14N3O6P. The molecule has 0 amide bonds. The highest BCUT2D eigenvalue weighted by molar-refractivity contribution is 7.61. The molecule has 0 N–H and O–H groups in total. The van der Waals surface area contributed by atoms with Gasteiger partial charge in [-0.1, -0.05) is 5.16 Å². The summed E-state index contributed by atoms with van der Waals surface area (Å²) >= 11 is 0. The Hall–Kier alpha value is -2.09. The van der Waals surface area contributed by atoms with Crippen LogP contribution in [0.15, 0.2) is 28.8 Å². The van der Waals surface area contributed by atoms with Crippen molar-refractivity contribution >= 4 is 18.9 Å². The van der Waals surface area contributed by atoms with Crippen molar-refractivity contribution in [3.63, 3.8) is 0 Å². The van der Waals surface area contributed by atoms with Crippen molar-refractivity contribution < 1.29 is 23.1 Å². The molecule has 22 heavy (non-hydrogen) atoms. The number of benzene rings is 1. The molecule has 0 atom stereocenters. The lowest BCUT2D eigenvalue weighted by atomic mass is 10.2. The number of hydrogen-bond donors (Lipinski definition) is 0. The van der Waals surface area contributed by atoms with Gasteiger partial charge in [0.1, 0.15) is 0 Å². The summed E-state index contributed by atoms with van der Waals surface area (Å²) in [4.78, 5) is 14.1. The van der Waals surface area contributed by atoms with E-state index in [4.69, 9.17) is 13.6 Å². The third-order valence-electron chi connectivity index (χ3n) is 2.58. The maximum absolute atomic E-state index is 12.5. The molecule has 0 bridgehead atoms. The topological polar surface area (TPSA) is 118 Å². The Morgan fingerprint density at radius 3 is 2.32 bits per heavy atom. The average Bonchev–Trinajstić information content (AvgIpc) is 2.98. The molecule has 118 valence electrons. The molecule has 1 aromatic heterocycles. The Morgan fingerprint density at radius 2 is 1.82 bits per heavy atom. The Labute approximate surface area is 125 Å². The van der Waals surface area contributed by atoms with Gasteiger partial charge in [-0.05, 0) is 26.0 Å². The van der Waals surface area contributed by atoms with Gasteiger partial charge in [-0.3, -0.25) is 10.1 Å². The van der Waals surface area contributed by atoms with Crippen molar-refractivity contribution in [1.82, 2.24) is 10.1 Å². The lowest BCUT2D eigenvalue weighted by Gasteiger charge is -2.11. The van der Waals surface area contributed by atoms with Gasteiger partial charge >= 0.3 is 13.2 Å². The molecule has 0 saturated carbocycles. The lowest BCUT2D eigenvalue weighted by molar-refractivity contribution is -0.384. The molecule has 0 radical (unpaired) electrons. The molecule has 0 aliphatic rings. The SMILES string of the molecule is CCOP(=O)(OCC)c1nc(-c2ccc([N+](=O)[O-])cc2)no1. The Balaban J connectivity index is 2.30. The van der Waals surface area contributed by atoms with E-state index < -0.39 is 12.5 Å². The first-order chi connectivity index (χ1) is 10.5. The fourth-order valence-electron chi connectivity index (χ4n) is 1.66. The van der Waals surface area contributed by atoms with Crippen molar-refractivity contribution in [1.29, 1.82) is 0 Å². The second-order valence-electron chi connectivity index (χ2n) is 4.04. The minimum atomic E-state index is -3.65. The molecule has 0 unspecified atom stereocenters. The predicted octanol–water partition coefficient (Wildman–Crippen LogP) is 2.54. The summed E-state index contributed by atoms with van der Waals surface area (Å²) in [6.45, 7) is 3.65. The number of aromatic nitrogens is 2. The van der Waals surface area contributed by atoms with Crippen molar-refractivity contribution in [3.05, 3.63) is 34.4 Å². The smallest absolute Gasteiger partial charge is 0.325 e. The van der Waals surface area contributed by atoms with Gasteiger partial charge in [0.2, 0.25) is 5.82 Å². The first-order valence-electron chi connectivity index (χ1n) is 6.48. The minimum Gasteiger partial charge on any atom is -0.325 e. The molecule has 0 aliphatic heterocycles. The van der Waals surface area contributed by atoms with Gasteiger partial charge in [0, 0.05) is 17.7 Å². The molecule has 2 rings (SSSR count). The number of hydrogen-bond acceptors (Lipinski definition) is 8. The zero-order valence-electron chi connectivity index (χ0n) is 12.0. The fraction of sp³-hybridized carbons (Fsp3) is 0.333. The number of nitro benzene ring substituents is 1. The van der Waals surface area contributed by atoms with Crippen LogP contribution in [0.25, 0.3) is 11.4 Å². The third kappa shape index (κ3) is 3.38. The average molecular weight is 327 g/mol. The van der Waals surface area contributed by atoms with Gasteiger partial charge in [0.05, 0.1) is 18.1 Å². The maximum Gasteiger partial charge on any atom is 0.418 e. The van der Waals surface area contributed by atoms with Crippen LogP contribution in [0.2, 0.25) is 0 Å². The van der Waals surface area contributed by atoms with E-state index in [-0.39, 0.29) is 30.4 Å². The van der Waals surface area contributed by atoms with Crippen molar-refractivity contribution in [3.8, 4) is 11.4 Å². The second-order valence-corrected chi connectivity index (χ2v) is 5.93. The molecule has 0 aliphatic carbocycles. The minimum absolute atomic E-state index is 0.0539. The first-order valence-corrected chi connectivity index (χ1v) is 8.02. The molecule has 0 saturated heterocycles. The highest BCUT2D eigenvalue weighted by atomic mass is 31.2. The zero-order valence-corrected chi connectivity index (χ0v) is 12.9. The fourth-order valence-corrected chi connectivity index (χ4v) is 3.00. The Kier molecular flexibility index (Phi) is 5.02. The molecule has 1 aromatic carbocycles. The molecule has 0 fully saturated rings. The van der Waals surface area contributed by atoms with Gasteiger partial charge < -0.3 is 13.6 Å². The third-order valence-corrected chi connectivity index (χ3v) is 4.43. The van der Waals surface area contributed by atoms with Crippen LogP contribution < -0.4 is 5.63 Å². The van der Waals surface area contributed by atoms with Crippen LogP contribution in [0.4, 0.5) is 5.69 Å². The number of nitrogens with zero attached hydrogens (tertiary/aromatic N) is 3. The van der Waals surface area contributed by atoms with E-state index in [1.165, 1.54) is 24.3 Å². The number of rotatable bonds is 7. The highest BCUT2D eigenvalue weighted by Gasteiger charge is 2.34. The standard InChI is InChI=1S/C12H14N3O6P/c1-3-19-22(18,20-4-2)12-13-11(14-21-12)9-5-7-10(8-6-9)15(16)17/h5-8H,3-4H2,1-2H3. The van der Waals surface area contributed by atoms with Crippen LogP contribution >= 0.6 is 7.60 Å². The van der Waals surface area contributed by atoms with E-state index in [1.54, 1.807) is 13.8 Å². The van der Waals surface area contributed by atoms with Crippen LogP contribution in [0, 0.1) is 10.1 Å². The summed E-state index contributed by atoms with van der Waals surface area (Å²) in [5.74, 6) is 0.143. The maximum atomic E-state index is 12.5. The number of non-ortho nitro benzene ring substituents is 1. The van der Waals surface area contributed by atoms with Crippen LogP contribution in [-0.4, -0.2) is 28.3 Å². The second kappa shape index (κ2) is 6.78. The predicted molar refractivity (Wildman–Crippen MR) is 76.9 cm³/mol. The largest absolute Gasteiger partial charge is 0.418 e. The number of nitro groups is 1. The molecule has 2 aromatic rings. The molecule has 9 nitrogen and oxygen atoms in total. The monoisotopic (exact) mass is 327 g/mol. The van der Waals surface area contributed by atoms with Crippen LogP contribution in [0.3, 0.4) is 0 Å². The summed E-state index contributed by atoms with van der Waals surface area (Å²) in [5.41, 5.74) is 0.187. The van der Waals surface area contributed by atoms with Crippen molar-refractivity contribution in [2.75, 3.05) is 13.2 Å². The van der Waals surface area contributed by atoms with E-state index >= 15 is 0 Å². The first kappa shape index (κ1) is 16.3. The molecule has 1 heterocycles. The van der Waals surface area contributed by atoms with Crippen molar-refractivity contribution in [2.45, 2.75) is 13.8 Å². The quantitative estimate of drug-likeness (QED) is 0.432. The van der Waals surface area contributed by atoms with Gasteiger partial charge in [0.25, 0.3) is 5.69 Å². The Morgan fingerprint density at radius 1 is 1.23 bits per heavy atom. The summed E-state index contributed by atoms with van der Waals surface area (Å²) in [6.07, 6.45) is 0. The van der Waals surface area contributed by atoms with E-state index in [0.717, 1.165) is 0 Å². The Bertz CT molecular complexity index is 689. The lowest BCUT2D eigenvalue weighted by Crippen LogP contribution is -2.11. The van der Waals surface area contributed by atoms with Gasteiger partial charge in [-0.15, -0.1) is 0 Å². The molecular weight excluding hydrogens is 313 g/mol. The molecule has 0 spiro atoms. The normalized spacial score (nSPS) is 11.5. The summed E-state index contributed by atoms with van der Waals surface area (Å²) in [5, 5.41) is 14.3. The highest BCUT2D eigenvalue weighted by Crippen LogP contribution is 2.46. The summed E-state index contributed by atoms with van der Waals surface area (Å²) in [6, 6.07) is 5.57. The van der Waals surface area contributed by atoms with Crippen molar-refractivity contribution in [2.24, 2.45) is 0 Å². The van der Waals surface area contributed by atoms with Gasteiger partial charge in [-0.25, -0.2) is 4.57 Å². The van der Waals surface area contributed by atoms with E-state index in [0.29, 0.717) is 5.56 Å². The van der Waals surface area contributed by atoms with Crippen LogP contribution in [-0.2, 0) is 13.6 Å². The van der Waals surface area contributed by atoms with Crippen LogP contribution in [0.1, 0.15) is 13.8 Å². The summed E-state index contributed by atoms with van der Waals surface area (Å²) in [7, 11) is -3.65. The van der Waals surface area contributed by atoms with Gasteiger partial charge in [0.15, 0.2) is 0 Å². The van der Waals surface area contributed by atoms with E-state index in [2.05, 4.69) is 10.1 Å². The van der Waals surface area contributed by atoms with E-state index in [1.807, 2.05) is 0 Å². The van der Waals surface area contributed by atoms with E-state index in [9.17, 15) is 14.7 Å². The van der Waals surface area contributed by atoms with Gasteiger partial charge in [-0.2, -0.15) is 4.98 Å². The van der Waals surface area contributed by atoms with Crippen LogP contribution in [0.5, 0.6) is 0 Å². The zero-order chi connectivity index (χ0) is 16.2. The summed E-state index contributed by atoms with van der Waals surface area (Å²) < 4.78 is 27.6. The molecule has 10 heteroatoms.